The van der Waals surface area contributed by atoms with Gasteiger partial charge < -0.3 is 5.32 Å². The highest BCUT2D eigenvalue weighted by molar-refractivity contribution is 9.10. The van der Waals surface area contributed by atoms with E-state index in [1.807, 2.05) is 11.4 Å². The zero-order chi connectivity index (χ0) is 12.1. The van der Waals surface area contributed by atoms with Gasteiger partial charge in [-0.2, -0.15) is 0 Å². The molecular weight excluding hydrogens is 300 g/mol. The molecule has 0 aliphatic carbocycles. The van der Waals surface area contributed by atoms with Crippen LogP contribution in [0.5, 0.6) is 0 Å². The Balaban J connectivity index is 1.85. The van der Waals surface area contributed by atoms with Crippen molar-refractivity contribution >= 4 is 33.2 Å². The fourth-order valence-electron chi connectivity index (χ4n) is 1.38. The van der Waals surface area contributed by atoms with Crippen LogP contribution >= 0.6 is 27.3 Å². The lowest BCUT2D eigenvalue weighted by Crippen LogP contribution is -2.26. The van der Waals surface area contributed by atoms with Gasteiger partial charge in [0.25, 0.3) is 5.91 Å². The van der Waals surface area contributed by atoms with Crippen molar-refractivity contribution in [2.24, 2.45) is 0 Å². The topological polar surface area (TPSA) is 42.0 Å². The number of hydrogen-bond donors (Lipinski definition) is 1. The summed E-state index contributed by atoms with van der Waals surface area (Å²) < 4.78 is 0.670. The molecule has 2 rings (SSSR count). The average Bonchev–Trinajstić information content (AvgIpc) is 2.82. The molecule has 0 aromatic carbocycles. The molecule has 17 heavy (non-hydrogen) atoms. The Morgan fingerprint density at radius 1 is 1.35 bits per heavy atom. The summed E-state index contributed by atoms with van der Waals surface area (Å²) in [4.78, 5) is 17.1. The quantitative estimate of drug-likeness (QED) is 0.882. The van der Waals surface area contributed by atoms with Gasteiger partial charge in [-0.15, -0.1) is 11.3 Å². The van der Waals surface area contributed by atoms with Crippen molar-refractivity contribution < 1.29 is 4.79 Å². The fraction of sp³-hybridized carbons (Fsp3) is 0.167. The number of aromatic nitrogens is 1. The van der Waals surface area contributed by atoms with Gasteiger partial charge in [-0.1, -0.05) is 12.1 Å². The molecule has 0 aliphatic rings. The highest BCUT2D eigenvalue weighted by Crippen LogP contribution is 2.09. The zero-order valence-corrected chi connectivity index (χ0v) is 11.4. The van der Waals surface area contributed by atoms with Gasteiger partial charge in [-0.3, -0.25) is 4.79 Å². The predicted octanol–water partition coefficient (Wildman–Crippen LogP) is 2.88. The summed E-state index contributed by atoms with van der Waals surface area (Å²) in [5, 5.41) is 4.88. The lowest BCUT2D eigenvalue weighted by atomic mass is 10.3. The van der Waals surface area contributed by atoms with Crippen molar-refractivity contribution in [1.29, 1.82) is 0 Å². The number of amides is 1. The predicted molar refractivity (Wildman–Crippen MR) is 72.3 cm³/mol. The van der Waals surface area contributed by atoms with Gasteiger partial charge in [0.2, 0.25) is 0 Å². The smallest absolute Gasteiger partial charge is 0.269 e. The minimum absolute atomic E-state index is 0.136. The monoisotopic (exact) mass is 310 g/mol. The van der Waals surface area contributed by atoms with E-state index in [2.05, 4.69) is 32.3 Å². The highest BCUT2D eigenvalue weighted by atomic mass is 79.9. The van der Waals surface area contributed by atoms with Crippen molar-refractivity contribution in [3.05, 3.63) is 50.9 Å². The lowest BCUT2D eigenvalue weighted by molar-refractivity contribution is 0.0949. The number of pyridine rings is 1. The summed E-state index contributed by atoms with van der Waals surface area (Å²) in [5.41, 5.74) is 0.436. The maximum absolute atomic E-state index is 11.7. The minimum Gasteiger partial charge on any atom is -0.350 e. The first-order valence-corrected chi connectivity index (χ1v) is 6.86. The van der Waals surface area contributed by atoms with E-state index in [0.717, 1.165) is 6.42 Å². The van der Waals surface area contributed by atoms with Gasteiger partial charge in [0, 0.05) is 11.4 Å². The second kappa shape index (κ2) is 5.93. The summed E-state index contributed by atoms with van der Waals surface area (Å²) in [5.74, 6) is -0.136. The summed E-state index contributed by atoms with van der Waals surface area (Å²) in [7, 11) is 0. The number of rotatable bonds is 4. The molecule has 2 aromatic rings. The first-order valence-electron chi connectivity index (χ1n) is 5.19. The van der Waals surface area contributed by atoms with Gasteiger partial charge in [-0.05, 0) is 45.9 Å². The van der Waals surface area contributed by atoms with Crippen molar-refractivity contribution in [3.8, 4) is 0 Å². The third-order valence-electron chi connectivity index (χ3n) is 2.18. The van der Waals surface area contributed by atoms with E-state index in [0.29, 0.717) is 16.8 Å². The Hall–Kier alpha value is -1.20. The highest BCUT2D eigenvalue weighted by Gasteiger charge is 2.06. The third kappa shape index (κ3) is 3.64. The van der Waals surface area contributed by atoms with Crippen LogP contribution in [0.2, 0.25) is 0 Å². The summed E-state index contributed by atoms with van der Waals surface area (Å²) >= 11 is 4.94. The second-order valence-electron chi connectivity index (χ2n) is 3.43. The van der Waals surface area contributed by atoms with E-state index < -0.39 is 0 Å². The van der Waals surface area contributed by atoms with E-state index in [1.54, 1.807) is 29.5 Å². The summed E-state index contributed by atoms with van der Waals surface area (Å²) in [6.45, 7) is 0.632. The molecule has 0 fully saturated rings. The van der Waals surface area contributed by atoms with Crippen LogP contribution < -0.4 is 5.32 Å². The number of halogens is 1. The van der Waals surface area contributed by atoms with E-state index in [1.165, 1.54) is 4.88 Å². The van der Waals surface area contributed by atoms with Crippen molar-refractivity contribution in [1.82, 2.24) is 10.3 Å². The Bertz CT molecular complexity index is 499. The summed E-state index contributed by atoms with van der Waals surface area (Å²) in [6, 6.07) is 9.37. The number of carbonyl (C=O) groups is 1. The van der Waals surface area contributed by atoms with Crippen LogP contribution in [-0.2, 0) is 6.42 Å². The van der Waals surface area contributed by atoms with Crippen molar-refractivity contribution in [2.45, 2.75) is 6.42 Å². The second-order valence-corrected chi connectivity index (χ2v) is 5.28. The molecule has 88 valence electrons. The Morgan fingerprint density at radius 2 is 2.24 bits per heavy atom. The van der Waals surface area contributed by atoms with Gasteiger partial charge in [0.1, 0.15) is 10.3 Å². The van der Waals surface area contributed by atoms with Crippen LogP contribution in [0.1, 0.15) is 15.4 Å². The molecule has 0 atom stereocenters. The van der Waals surface area contributed by atoms with Gasteiger partial charge >= 0.3 is 0 Å². The van der Waals surface area contributed by atoms with Crippen LogP contribution in [0, 0.1) is 0 Å². The van der Waals surface area contributed by atoms with Crippen LogP contribution in [0.3, 0.4) is 0 Å². The molecule has 5 heteroatoms. The molecule has 1 N–H and O–H groups in total. The molecule has 0 saturated heterocycles. The summed E-state index contributed by atoms with van der Waals surface area (Å²) in [6.07, 6.45) is 0.859. The molecule has 0 bridgehead atoms. The first kappa shape index (κ1) is 12.3. The maximum atomic E-state index is 11.7. The number of hydrogen-bond acceptors (Lipinski definition) is 3. The standard InChI is InChI=1S/C12H11BrN2OS/c13-11-5-1-4-10(15-11)12(16)14-7-6-9-3-2-8-17-9/h1-5,8H,6-7H2,(H,14,16). The number of thiophene rings is 1. The molecule has 2 heterocycles. The van der Waals surface area contributed by atoms with E-state index in [9.17, 15) is 4.79 Å². The normalized spacial score (nSPS) is 10.2. The van der Waals surface area contributed by atoms with Gasteiger partial charge in [0.15, 0.2) is 0 Å². The fourth-order valence-corrected chi connectivity index (χ4v) is 2.43. The Kier molecular flexibility index (Phi) is 4.28. The number of nitrogens with zero attached hydrogens (tertiary/aromatic N) is 1. The maximum Gasteiger partial charge on any atom is 0.269 e. The molecule has 0 radical (unpaired) electrons. The van der Waals surface area contributed by atoms with Crippen LogP contribution in [0.4, 0.5) is 0 Å². The molecule has 0 saturated carbocycles. The SMILES string of the molecule is O=C(NCCc1cccs1)c1cccc(Br)n1. The molecular formula is C12H11BrN2OS. The van der Waals surface area contributed by atoms with Crippen LogP contribution in [0.25, 0.3) is 0 Å². The molecule has 1 amide bonds. The van der Waals surface area contributed by atoms with E-state index in [4.69, 9.17) is 0 Å². The molecule has 0 unspecified atom stereocenters. The molecule has 3 nitrogen and oxygen atoms in total. The number of carbonyl (C=O) groups excluding carboxylic acids is 1. The lowest BCUT2D eigenvalue weighted by Gasteiger charge is -2.03. The minimum atomic E-state index is -0.136. The number of nitrogens with one attached hydrogen (secondary N) is 1. The first-order chi connectivity index (χ1) is 8.25. The van der Waals surface area contributed by atoms with Gasteiger partial charge in [0.05, 0.1) is 0 Å². The van der Waals surface area contributed by atoms with Crippen molar-refractivity contribution in [2.75, 3.05) is 6.54 Å². The Morgan fingerprint density at radius 3 is 2.94 bits per heavy atom. The van der Waals surface area contributed by atoms with E-state index >= 15 is 0 Å². The zero-order valence-electron chi connectivity index (χ0n) is 9.02. The van der Waals surface area contributed by atoms with Crippen molar-refractivity contribution in [3.63, 3.8) is 0 Å². The molecule has 2 aromatic heterocycles. The molecule has 0 aliphatic heterocycles. The average molecular weight is 311 g/mol. The molecule has 0 spiro atoms. The Labute approximate surface area is 112 Å². The van der Waals surface area contributed by atoms with Crippen LogP contribution in [0.15, 0.2) is 40.3 Å². The van der Waals surface area contributed by atoms with E-state index in [-0.39, 0.29) is 5.91 Å². The largest absolute Gasteiger partial charge is 0.350 e. The third-order valence-corrected chi connectivity index (χ3v) is 3.56. The van der Waals surface area contributed by atoms with Gasteiger partial charge in [-0.25, -0.2) is 4.98 Å². The van der Waals surface area contributed by atoms with Crippen LogP contribution in [-0.4, -0.2) is 17.4 Å².